The predicted octanol–water partition coefficient (Wildman–Crippen LogP) is 2.75. The van der Waals surface area contributed by atoms with Crippen LogP contribution in [0.4, 0.5) is 0 Å². The van der Waals surface area contributed by atoms with E-state index in [1.807, 2.05) is 12.1 Å². The topological polar surface area (TPSA) is 89.9 Å². The van der Waals surface area contributed by atoms with Gasteiger partial charge in [0.15, 0.2) is 0 Å². The molecule has 1 aromatic rings. The number of ether oxygens (including phenoxy) is 2. The van der Waals surface area contributed by atoms with E-state index in [4.69, 9.17) is 14.6 Å². The highest BCUT2D eigenvalue weighted by Crippen LogP contribution is 2.30. The Balaban J connectivity index is 1.78. The molecule has 0 spiro atoms. The number of benzene rings is 1. The zero-order chi connectivity index (χ0) is 18.2. The van der Waals surface area contributed by atoms with Crippen molar-refractivity contribution in [1.82, 2.24) is 0 Å². The SMILES string of the molecule is C=CC(=O)OCCc1ccc(OC(=O)C2CCC(C(=O)O)CC2)cc1. The maximum absolute atomic E-state index is 12.2. The number of rotatable bonds is 7. The van der Waals surface area contributed by atoms with Crippen LogP contribution in [0.15, 0.2) is 36.9 Å². The van der Waals surface area contributed by atoms with Crippen molar-refractivity contribution in [1.29, 1.82) is 0 Å². The van der Waals surface area contributed by atoms with Crippen molar-refractivity contribution in [2.45, 2.75) is 32.1 Å². The standard InChI is InChI=1S/C19H22O6/c1-2-17(20)24-12-11-13-3-9-16(10-4-13)25-19(23)15-7-5-14(6-8-15)18(21)22/h2-4,9-10,14-15H,1,5-8,11-12H2,(H,21,22). The van der Waals surface area contributed by atoms with Crippen molar-refractivity contribution >= 4 is 17.9 Å². The third-order valence-electron chi connectivity index (χ3n) is 4.35. The number of carbonyl (C=O) groups excluding carboxylic acids is 2. The lowest BCUT2D eigenvalue weighted by molar-refractivity contribution is -0.146. The van der Waals surface area contributed by atoms with Crippen LogP contribution >= 0.6 is 0 Å². The molecule has 1 aliphatic rings. The molecule has 0 amide bonds. The van der Waals surface area contributed by atoms with Gasteiger partial charge in [0.05, 0.1) is 18.4 Å². The first-order valence-corrected chi connectivity index (χ1v) is 8.32. The molecule has 0 radical (unpaired) electrons. The van der Waals surface area contributed by atoms with Crippen molar-refractivity contribution < 1.29 is 29.0 Å². The number of carboxylic acids is 1. The summed E-state index contributed by atoms with van der Waals surface area (Å²) in [5.41, 5.74) is 0.957. The minimum atomic E-state index is -0.791. The van der Waals surface area contributed by atoms with Gasteiger partial charge < -0.3 is 14.6 Å². The second kappa shape index (κ2) is 9.01. The Kier molecular flexibility index (Phi) is 6.74. The lowest BCUT2D eigenvalue weighted by Gasteiger charge is -2.24. The fraction of sp³-hybridized carbons (Fsp3) is 0.421. The van der Waals surface area contributed by atoms with E-state index in [-0.39, 0.29) is 24.4 Å². The first-order chi connectivity index (χ1) is 12.0. The summed E-state index contributed by atoms with van der Waals surface area (Å²) in [6.07, 6.45) is 3.79. The highest BCUT2D eigenvalue weighted by molar-refractivity contribution is 5.81. The summed E-state index contributed by atoms with van der Waals surface area (Å²) >= 11 is 0. The fourth-order valence-electron chi connectivity index (χ4n) is 2.83. The first-order valence-electron chi connectivity index (χ1n) is 8.32. The van der Waals surface area contributed by atoms with Crippen molar-refractivity contribution in [3.63, 3.8) is 0 Å². The van der Waals surface area contributed by atoms with E-state index in [0.717, 1.165) is 11.6 Å². The Morgan fingerprint density at radius 1 is 1.08 bits per heavy atom. The Morgan fingerprint density at radius 2 is 1.68 bits per heavy atom. The molecule has 0 saturated heterocycles. The Labute approximate surface area is 146 Å². The molecule has 1 saturated carbocycles. The second-order valence-electron chi connectivity index (χ2n) is 6.07. The van der Waals surface area contributed by atoms with Gasteiger partial charge >= 0.3 is 17.9 Å². The summed E-state index contributed by atoms with van der Waals surface area (Å²) in [6.45, 7) is 3.59. The summed E-state index contributed by atoms with van der Waals surface area (Å²) in [5, 5.41) is 8.98. The molecule has 2 rings (SSSR count). The average molecular weight is 346 g/mol. The Hall–Kier alpha value is -2.63. The molecular formula is C19H22O6. The summed E-state index contributed by atoms with van der Waals surface area (Å²) in [5.74, 6) is -1.69. The van der Waals surface area contributed by atoms with Gasteiger partial charge in [-0.1, -0.05) is 18.7 Å². The highest BCUT2D eigenvalue weighted by Gasteiger charge is 2.30. The minimum Gasteiger partial charge on any atom is -0.481 e. The van der Waals surface area contributed by atoms with Gasteiger partial charge in [0.1, 0.15) is 5.75 Å². The van der Waals surface area contributed by atoms with E-state index < -0.39 is 11.9 Å². The summed E-state index contributed by atoms with van der Waals surface area (Å²) in [7, 11) is 0. The molecule has 0 unspecified atom stereocenters. The van der Waals surface area contributed by atoms with Crippen LogP contribution in [0.1, 0.15) is 31.2 Å². The number of esters is 2. The van der Waals surface area contributed by atoms with Gasteiger partial charge in [0, 0.05) is 12.5 Å². The lowest BCUT2D eigenvalue weighted by atomic mass is 9.82. The van der Waals surface area contributed by atoms with Gasteiger partial charge in [-0.25, -0.2) is 4.79 Å². The van der Waals surface area contributed by atoms with Crippen LogP contribution in [-0.4, -0.2) is 29.6 Å². The fourth-order valence-corrected chi connectivity index (χ4v) is 2.83. The molecule has 0 atom stereocenters. The number of hydrogen-bond donors (Lipinski definition) is 1. The number of aliphatic carboxylic acids is 1. The molecule has 6 nitrogen and oxygen atoms in total. The van der Waals surface area contributed by atoms with Crippen molar-refractivity contribution in [3.05, 3.63) is 42.5 Å². The molecular weight excluding hydrogens is 324 g/mol. The van der Waals surface area contributed by atoms with E-state index in [1.165, 1.54) is 0 Å². The maximum atomic E-state index is 12.2. The minimum absolute atomic E-state index is 0.242. The number of carboxylic acid groups (broad SMARTS) is 1. The average Bonchev–Trinajstić information content (AvgIpc) is 2.63. The smallest absolute Gasteiger partial charge is 0.330 e. The maximum Gasteiger partial charge on any atom is 0.330 e. The lowest BCUT2D eigenvalue weighted by Crippen LogP contribution is -2.28. The van der Waals surface area contributed by atoms with Gasteiger partial charge in [-0.15, -0.1) is 0 Å². The van der Waals surface area contributed by atoms with Crippen molar-refractivity contribution in [2.24, 2.45) is 11.8 Å². The van der Waals surface area contributed by atoms with Crippen LogP contribution < -0.4 is 4.74 Å². The molecule has 1 N–H and O–H groups in total. The Bertz CT molecular complexity index is 626. The van der Waals surface area contributed by atoms with Gasteiger partial charge in [0.25, 0.3) is 0 Å². The third-order valence-corrected chi connectivity index (χ3v) is 4.35. The van der Waals surface area contributed by atoms with Crippen LogP contribution in [0.25, 0.3) is 0 Å². The van der Waals surface area contributed by atoms with Crippen LogP contribution in [-0.2, 0) is 25.5 Å². The predicted molar refractivity (Wildman–Crippen MR) is 90.0 cm³/mol. The Morgan fingerprint density at radius 3 is 2.24 bits per heavy atom. The van der Waals surface area contributed by atoms with Crippen molar-refractivity contribution in [2.75, 3.05) is 6.61 Å². The first kappa shape index (κ1) is 18.7. The van der Waals surface area contributed by atoms with Gasteiger partial charge in [-0.3, -0.25) is 9.59 Å². The van der Waals surface area contributed by atoms with E-state index in [9.17, 15) is 14.4 Å². The quantitative estimate of drug-likeness (QED) is 0.464. The highest BCUT2D eigenvalue weighted by atomic mass is 16.5. The van der Waals surface area contributed by atoms with Crippen LogP contribution in [0, 0.1) is 11.8 Å². The largest absolute Gasteiger partial charge is 0.481 e. The molecule has 0 aromatic heterocycles. The molecule has 0 bridgehead atoms. The molecule has 1 fully saturated rings. The summed E-state index contributed by atoms with van der Waals surface area (Å²) < 4.78 is 10.3. The molecule has 1 aliphatic carbocycles. The zero-order valence-corrected chi connectivity index (χ0v) is 14.0. The number of hydrogen-bond acceptors (Lipinski definition) is 5. The molecule has 0 heterocycles. The van der Waals surface area contributed by atoms with Crippen molar-refractivity contribution in [3.8, 4) is 5.75 Å². The van der Waals surface area contributed by atoms with Crippen LogP contribution in [0.2, 0.25) is 0 Å². The zero-order valence-electron chi connectivity index (χ0n) is 14.0. The monoisotopic (exact) mass is 346 g/mol. The summed E-state index contributed by atoms with van der Waals surface area (Å²) in [4.78, 5) is 34.1. The normalized spacial score (nSPS) is 19.7. The van der Waals surface area contributed by atoms with Crippen LogP contribution in [0.3, 0.4) is 0 Å². The molecule has 6 heteroatoms. The molecule has 25 heavy (non-hydrogen) atoms. The van der Waals surface area contributed by atoms with Gasteiger partial charge in [-0.2, -0.15) is 0 Å². The molecule has 0 aliphatic heterocycles. The summed E-state index contributed by atoms with van der Waals surface area (Å²) in [6, 6.07) is 7.02. The number of carbonyl (C=O) groups is 3. The molecule has 1 aromatic carbocycles. The second-order valence-corrected chi connectivity index (χ2v) is 6.07. The molecule has 134 valence electrons. The van der Waals surface area contributed by atoms with E-state index >= 15 is 0 Å². The van der Waals surface area contributed by atoms with Gasteiger partial charge in [0.2, 0.25) is 0 Å². The van der Waals surface area contributed by atoms with E-state index in [1.54, 1.807) is 12.1 Å². The van der Waals surface area contributed by atoms with Gasteiger partial charge in [-0.05, 0) is 43.4 Å². The van der Waals surface area contributed by atoms with E-state index in [0.29, 0.717) is 37.9 Å². The third kappa shape index (κ3) is 5.74. The van der Waals surface area contributed by atoms with Crippen LogP contribution in [0.5, 0.6) is 5.75 Å². The van der Waals surface area contributed by atoms with E-state index in [2.05, 4.69) is 6.58 Å².